The number of nitrogens with zero attached hydrogens (tertiary/aromatic N) is 2. The molecule has 1 aromatic carbocycles. The van der Waals surface area contributed by atoms with E-state index in [-0.39, 0.29) is 4.92 Å². The molecule has 0 saturated carbocycles. The van der Waals surface area contributed by atoms with Gasteiger partial charge in [-0.2, -0.15) is 0 Å². The number of benzene rings is 1. The van der Waals surface area contributed by atoms with Gasteiger partial charge in [-0.3, -0.25) is 10.1 Å². The van der Waals surface area contributed by atoms with Gasteiger partial charge in [0.05, 0.1) is 11.3 Å². The van der Waals surface area contributed by atoms with E-state index in [4.69, 9.17) is 0 Å². The highest BCUT2D eigenvalue weighted by Crippen LogP contribution is 2.29. The summed E-state index contributed by atoms with van der Waals surface area (Å²) in [6, 6.07) is 9.32. The van der Waals surface area contributed by atoms with Crippen LogP contribution in [0, 0.1) is 10.1 Å². The van der Waals surface area contributed by atoms with Crippen LogP contribution in [0.25, 0.3) is 0 Å². The predicted octanol–water partition coefficient (Wildman–Crippen LogP) is 3.04. The van der Waals surface area contributed by atoms with Gasteiger partial charge in [0.15, 0.2) is 0 Å². The van der Waals surface area contributed by atoms with Crippen LogP contribution in [0.1, 0.15) is 5.56 Å². The molecule has 1 aliphatic carbocycles. The zero-order valence-electron chi connectivity index (χ0n) is 10.8. The molecule has 0 fully saturated rings. The maximum atomic E-state index is 11.1. The summed E-state index contributed by atoms with van der Waals surface area (Å²) in [5.74, 6) is 0. The van der Waals surface area contributed by atoms with E-state index in [9.17, 15) is 10.1 Å². The molecule has 0 bridgehead atoms. The Morgan fingerprint density at radius 2 is 1.95 bits per heavy atom. The maximum absolute atomic E-state index is 11.1. The fraction of sp³-hybridized carbons (Fsp3) is 0.125. The van der Waals surface area contributed by atoms with Crippen molar-refractivity contribution in [3.05, 3.63) is 93.9 Å². The van der Waals surface area contributed by atoms with Crippen LogP contribution in [0.15, 0.2) is 78.2 Å². The average molecular weight is 266 g/mol. The number of rotatable bonds is 3. The Balaban J connectivity index is 1.87. The van der Waals surface area contributed by atoms with Gasteiger partial charge < -0.3 is 4.90 Å². The van der Waals surface area contributed by atoms with Crippen molar-refractivity contribution in [3.8, 4) is 0 Å². The van der Waals surface area contributed by atoms with Gasteiger partial charge in [-0.15, -0.1) is 0 Å². The van der Waals surface area contributed by atoms with E-state index >= 15 is 0 Å². The van der Waals surface area contributed by atoms with Crippen LogP contribution in [0.2, 0.25) is 0 Å². The number of hydrogen-bond acceptors (Lipinski definition) is 3. The summed E-state index contributed by atoms with van der Waals surface area (Å²) >= 11 is 0. The molecular formula is C16H14N2O2. The predicted molar refractivity (Wildman–Crippen MR) is 77.2 cm³/mol. The third kappa shape index (κ3) is 2.28. The summed E-state index contributed by atoms with van der Waals surface area (Å²) in [6.45, 7) is 0.707. The van der Waals surface area contributed by atoms with Gasteiger partial charge in [0.25, 0.3) is 6.04 Å². The number of fused-ring (bicyclic) bond motifs is 1. The monoisotopic (exact) mass is 266 g/mol. The zero-order valence-corrected chi connectivity index (χ0v) is 10.8. The third-order valence-electron chi connectivity index (χ3n) is 3.44. The van der Waals surface area contributed by atoms with E-state index in [0.717, 1.165) is 11.3 Å². The lowest BCUT2D eigenvalue weighted by Crippen LogP contribution is -2.30. The third-order valence-corrected chi connectivity index (χ3v) is 3.44. The largest absolute Gasteiger partial charge is 0.343 e. The molecule has 0 spiro atoms. The summed E-state index contributed by atoms with van der Waals surface area (Å²) < 4.78 is 0. The first-order valence-electron chi connectivity index (χ1n) is 6.47. The molecule has 1 heterocycles. The maximum Gasteiger partial charge on any atom is 0.258 e. The molecule has 100 valence electrons. The lowest BCUT2D eigenvalue weighted by atomic mass is 9.95. The van der Waals surface area contributed by atoms with Crippen LogP contribution in [-0.4, -0.2) is 15.9 Å². The van der Waals surface area contributed by atoms with Crippen molar-refractivity contribution in [1.82, 2.24) is 4.90 Å². The van der Waals surface area contributed by atoms with Crippen molar-refractivity contribution in [2.45, 2.75) is 12.6 Å². The highest BCUT2D eigenvalue weighted by atomic mass is 16.6. The van der Waals surface area contributed by atoms with Gasteiger partial charge >= 0.3 is 0 Å². The average Bonchev–Trinajstić information content (AvgIpc) is 2.48. The number of hydrogen-bond donors (Lipinski definition) is 0. The molecule has 1 aliphatic heterocycles. The molecule has 1 aromatic rings. The summed E-state index contributed by atoms with van der Waals surface area (Å²) in [6.07, 6.45) is 11.0. The van der Waals surface area contributed by atoms with Crippen LogP contribution in [0.3, 0.4) is 0 Å². The summed E-state index contributed by atoms with van der Waals surface area (Å²) in [5.41, 5.74) is 2.82. The van der Waals surface area contributed by atoms with Crippen LogP contribution >= 0.6 is 0 Å². The first-order valence-corrected chi connectivity index (χ1v) is 6.47. The Hall–Kier alpha value is -2.62. The van der Waals surface area contributed by atoms with E-state index in [1.54, 1.807) is 12.2 Å². The highest BCUT2D eigenvalue weighted by molar-refractivity contribution is 5.47. The van der Waals surface area contributed by atoms with Crippen molar-refractivity contribution in [2.24, 2.45) is 0 Å². The van der Waals surface area contributed by atoms with Gasteiger partial charge in [0.2, 0.25) is 0 Å². The Labute approximate surface area is 117 Å². The Bertz CT molecular complexity index is 642. The molecule has 0 amide bonds. The molecule has 4 heteroatoms. The Morgan fingerprint density at radius 1 is 1.15 bits per heavy atom. The second-order valence-corrected chi connectivity index (χ2v) is 4.74. The first kappa shape index (κ1) is 12.4. The second kappa shape index (κ2) is 5.17. The molecule has 0 aromatic heterocycles. The fourth-order valence-electron chi connectivity index (χ4n) is 2.48. The number of nitro groups is 1. The molecule has 4 nitrogen and oxygen atoms in total. The lowest BCUT2D eigenvalue weighted by molar-refractivity contribution is -0.499. The quantitative estimate of drug-likeness (QED) is 0.624. The molecule has 0 saturated heterocycles. The van der Waals surface area contributed by atoms with Gasteiger partial charge in [0.1, 0.15) is 0 Å². The van der Waals surface area contributed by atoms with Gasteiger partial charge in [-0.05, 0) is 29.9 Å². The SMILES string of the molecule is O=[N+]([O-])C1C=CC=C2C1=CC=CN2Cc1ccccc1. The highest BCUT2D eigenvalue weighted by Gasteiger charge is 2.30. The smallest absolute Gasteiger partial charge is 0.258 e. The number of allylic oxidation sites excluding steroid dienone is 4. The minimum atomic E-state index is -0.752. The topological polar surface area (TPSA) is 46.4 Å². The zero-order chi connectivity index (χ0) is 13.9. The first-order chi connectivity index (χ1) is 9.75. The molecule has 20 heavy (non-hydrogen) atoms. The van der Waals surface area contributed by atoms with Crippen LogP contribution in [0.4, 0.5) is 0 Å². The minimum Gasteiger partial charge on any atom is -0.343 e. The Morgan fingerprint density at radius 3 is 2.70 bits per heavy atom. The van der Waals surface area contributed by atoms with E-state index in [0.29, 0.717) is 6.54 Å². The Kier molecular flexibility index (Phi) is 3.21. The second-order valence-electron chi connectivity index (χ2n) is 4.74. The van der Waals surface area contributed by atoms with E-state index in [2.05, 4.69) is 12.1 Å². The van der Waals surface area contributed by atoms with Crippen LogP contribution in [0.5, 0.6) is 0 Å². The summed E-state index contributed by atoms with van der Waals surface area (Å²) in [7, 11) is 0. The molecular weight excluding hydrogens is 252 g/mol. The van der Waals surface area contributed by atoms with E-state index in [1.807, 2.05) is 47.5 Å². The summed E-state index contributed by atoms with van der Waals surface area (Å²) in [5, 5.41) is 11.1. The lowest BCUT2D eigenvalue weighted by Gasteiger charge is -2.29. The van der Waals surface area contributed by atoms with Crippen LogP contribution < -0.4 is 0 Å². The molecule has 1 unspecified atom stereocenters. The van der Waals surface area contributed by atoms with Crippen molar-refractivity contribution in [1.29, 1.82) is 0 Å². The van der Waals surface area contributed by atoms with Crippen molar-refractivity contribution < 1.29 is 4.92 Å². The standard InChI is InChI=1S/C16H14N2O2/c19-18(20)16-10-4-9-15-14(16)8-5-11-17(15)12-13-6-2-1-3-7-13/h1-11,16H,12H2. The fourth-order valence-corrected chi connectivity index (χ4v) is 2.48. The molecule has 3 rings (SSSR count). The van der Waals surface area contributed by atoms with E-state index in [1.165, 1.54) is 5.56 Å². The van der Waals surface area contributed by atoms with Crippen molar-refractivity contribution >= 4 is 0 Å². The molecule has 0 N–H and O–H groups in total. The molecule has 2 aliphatic rings. The van der Waals surface area contributed by atoms with Gasteiger partial charge in [-0.25, -0.2) is 0 Å². The molecule has 1 atom stereocenters. The minimum absolute atomic E-state index is 0.255. The molecule has 0 radical (unpaired) electrons. The normalized spacial score (nSPS) is 20.2. The van der Waals surface area contributed by atoms with Gasteiger partial charge in [-0.1, -0.05) is 36.4 Å². The summed E-state index contributed by atoms with van der Waals surface area (Å²) in [4.78, 5) is 12.9. The van der Waals surface area contributed by atoms with Crippen molar-refractivity contribution in [2.75, 3.05) is 0 Å². The van der Waals surface area contributed by atoms with Crippen LogP contribution in [-0.2, 0) is 6.54 Å². The van der Waals surface area contributed by atoms with E-state index < -0.39 is 6.04 Å². The van der Waals surface area contributed by atoms with Crippen molar-refractivity contribution in [3.63, 3.8) is 0 Å². The van der Waals surface area contributed by atoms with Gasteiger partial charge in [0, 0.05) is 17.7 Å².